The number of hydrogen-bond donors (Lipinski definition) is 1. The molecule has 0 atom stereocenters. The first-order chi connectivity index (χ1) is 6.47. The van der Waals surface area contributed by atoms with E-state index in [1.54, 1.807) is 24.8 Å². The summed E-state index contributed by atoms with van der Waals surface area (Å²) in [6.07, 6.45) is 2.46. The van der Waals surface area contributed by atoms with Crippen molar-refractivity contribution in [3.05, 3.63) is 12.7 Å². The minimum Gasteiger partial charge on any atom is -0.341 e. The van der Waals surface area contributed by atoms with Crippen LogP contribution in [0, 0.1) is 0 Å². The summed E-state index contributed by atoms with van der Waals surface area (Å²) in [5.74, 6) is -0.127. The van der Waals surface area contributed by atoms with Crippen molar-refractivity contribution in [1.82, 2.24) is 10.2 Å². The Morgan fingerprint density at radius 3 is 2.79 bits per heavy atom. The van der Waals surface area contributed by atoms with Crippen molar-refractivity contribution in [3.63, 3.8) is 0 Å². The summed E-state index contributed by atoms with van der Waals surface area (Å²) >= 11 is 0. The van der Waals surface area contributed by atoms with Crippen LogP contribution >= 0.6 is 0 Å². The van der Waals surface area contributed by atoms with E-state index in [2.05, 4.69) is 11.9 Å². The highest BCUT2D eigenvalue weighted by molar-refractivity contribution is 5.97. The Bertz CT molecular complexity index is 271. The van der Waals surface area contributed by atoms with Crippen LogP contribution in [0.1, 0.15) is 20.3 Å². The van der Waals surface area contributed by atoms with Crippen molar-refractivity contribution in [3.8, 4) is 0 Å². The van der Waals surface area contributed by atoms with Crippen LogP contribution in [0.5, 0.6) is 0 Å². The van der Waals surface area contributed by atoms with E-state index in [1.807, 2.05) is 0 Å². The molecule has 1 aliphatic rings. The molecule has 1 N–H and O–H groups in total. The molecule has 4 heteroatoms. The molecule has 4 nitrogen and oxygen atoms in total. The number of amides is 2. The smallest absolute Gasteiger partial charge is 0.248 e. The van der Waals surface area contributed by atoms with Crippen LogP contribution < -0.4 is 5.32 Å². The fraction of sp³-hybridized carbons (Fsp3) is 0.600. The fourth-order valence-electron chi connectivity index (χ4n) is 1.51. The molecule has 1 fully saturated rings. The summed E-state index contributed by atoms with van der Waals surface area (Å²) in [6, 6.07) is 0. The van der Waals surface area contributed by atoms with Crippen LogP contribution in [-0.4, -0.2) is 35.3 Å². The van der Waals surface area contributed by atoms with Gasteiger partial charge < -0.3 is 10.2 Å². The van der Waals surface area contributed by atoms with E-state index in [0.29, 0.717) is 6.54 Å². The number of piperazine rings is 1. The molecule has 1 heterocycles. The molecule has 2 amide bonds. The molecule has 0 spiro atoms. The van der Waals surface area contributed by atoms with Crippen molar-refractivity contribution < 1.29 is 9.59 Å². The van der Waals surface area contributed by atoms with Gasteiger partial charge in [0.15, 0.2) is 0 Å². The third-order valence-electron chi connectivity index (χ3n) is 2.21. The molecule has 0 aromatic carbocycles. The van der Waals surface area contributed by atoms with E-state index < -0.39 is 5.54 Å². The van der Waals surface area contributed by atoms with Crippen LogP contribution in [0.4, 0.5) is 0 Å². The van der Waals surface area contributed by atoms with Gasteiger partial charge in [-0.1, -0.05) is 6.08 Å². The van der Waals surface area contributed by atoms with Gasteiger partial charge in [0.25, 0.3) is 0 Å². The molecule has 0 unspecified atom stereocenters. The number of nitrogens with one attached hydrogen (secondary N) is 1. The zero-order chi connectivity index (χ0) is 10.8. The quantitative estimate of drug-likeness (QED) is 0.660. The Morgan fingerprint density at radius 2 is 2.21 bits per heavy atom. The highest BCUT2D eigenvalue weighted by atomic mass is 16.2. The number of hydrogen-bond acceptors (Lipinski definition) is 2. The highest BCUT2D eigenvalue weighted by Crippen LogP contribution is 2.13. The van der Waals surface area contributed by atoms with Crippen molar-refractivity contribution in [2.24, 2.45) is 0 Å². The van der Waals surface area contributed by atoms with Gasteiger partial charge in [-0.2, -0.15) is 0 Å². The molecular weight excluding hydrogens is 180 g/mol. The van der Waals surface area contributed by atoms with Gasteiger partial charge in [-0.15, -0.1) is 6.58 Å². The van der Waals surface area contributed by atoms with Gasteiger partial charge in [-0.25, -0.2) is 0 Å². The highest BCUT2D eigenvalue weighted by Gasteiger charge is 2.38. The summed E-state index contributed by atoms with van der Waals surface area (Å²) in [7, 11) is 0. The second kappa shape index (κ2) is 3.82. The first-order valence-electron chi connectivity index (χ1n) is 4.68. The van der Waals surface area contributed by atoms with Crippen LogP contribution in [-0.2, 0) is 9.59 Å². The van der Waals surface area contributed by atoms with E-state index in [0.717, 1.165) is 6.42 Å². The minimum absolute atomic E-state index is 0.0287. The lowest BCUT2D eigenvalue weighted by molar-refractivity contribution is -0.148. The lowest BCUT2D eigenvalue weighted by atomic mass is 10.0. The summed E-state index contributed by atoms with van der Waals surface area (Å²) in [5.41, 5.74) is -0.767. The predicted molar refractivity (Wildman–Crippen MR) is 53.6 cm³/mol. The lowest BCUT2D eigenvalue weighted by Crippen LogP contribution is -2.63. The SMILES string of the molecule is C=CCCN1CC(=O)NC(C)(C)C1=O. The topological polar surface area (TPSA) is 49.4 Å². The van der Waals surface area contributed by atoms with E-state index >= 15 is 0 Å². The Kier molecular flexibility index (Phi) is 2.93. The van der Waals surface area contributed by atoms with Gasteiger partial charge in [0, 0.05) is 6.54 Å². The maximum absolute atomic E-state index is 11.8. The molecule has 1 rings (SSSR count). The maximum Gasteiger partial charge on any atom is 0.248 e. The predicted octanol–water partition coefficient (Wildman–Crippen LogP) is 0.299. The minimum atomic E-state index is -0.767. The normalized spacial score (nSPS) is 20.6. The second-order valence-electron chi connectivity index (χ2n) is 3.98. The van der Waals surface area contributed by atoms with E-state index in [1.165, 1.54) is 0 Å². The fourth-order valence-corrected chi connectivity index (χ4v) is 1.51. The third-order valence-corrected chi connectivity index (χ3v) is 2.21. The Balaban J connectivity index is 2.70. The van der Waals surface area contributed by atoms with Gasteiger partial charge in [-0.3, -0.25) is 9.59 Å². The summed E-state index contributed by atoms with van der Waals surface area (Å²) in [4.78, 5) is 24.6. The molecule has 1 saturated heterocycles. The number of carbonyl (C=O) groups excluding carboxylic acids is 2. The first-order valence-corrected chi connectivity index (χ1v) is 4.68. The Morgan fingerprint density at radius 1 is 1.57 bits per heavy atom. The molecule has 1 aliphatic heterocycles. The Hall–Kier alpha value is -1.32. The molecule has 78 valence electrons. The molecule has 0 bridgehead atoms. The second-order valence-corrected chi connectivity index (χ2v) is 3.98. The molecule has 14 heavy (non-hydrogen) atoms. The van der Waals surface area contributed by atoms with E-state index in [9.17, 15) is 9.59 Å². The average molecular weight is 196 g/mol. The van der Waals surface area contributed by atoms with Crippen LogP contribution in [0.2, 0.25) is 0 Å². The maximum atomic E-state index is 11.8. The molecule has 0 radical (unpaired) electrons. The van der Waals surface area contributed by atoms with E-state index in [-0.39, 0.29) is 18.4 Å². The van der Waals surface area contributed by atoms with Gasteiger partial charge in [-0.05, 0) is 20.3 Å². The van der Waals surface area contributed by atoms with Crippen molar-refractivity contribution in [2.45, 2.75) is 25.8 Å². The molecule has 0 saturated carbocycles. The molecular formula is C10H16N2O2. The van der Waals surface area contributed by atoms with Crippen molar-refractivity contribution >= 4 is 11.8 Å². The Labute approximate surface area is 84.0 Å². The molecule has 0 aromatic heterocycles. The van der Waals surface area contributed by atoms with Crippen LogP contribution in [0.25, 0.3) is 0 Å². The van der Waals surface area contributed by atoms with Gasteiger partial charge >= 0.3 is 0 Å². The van der Waals surface area contributed by atoms with Crippen LogP contribution in [0.3, 0.4) is 0 Å². The number of carbonyl (C=O) groups is 2. The molecule has 0 aliphatic carbocycles. The average Bonchev–Trinajstić information content (AvgIpc) is 2.08. The first kappa shape index (κ1) is 10.8. The van der Waals surface area contributed by atoms with Gasteiger partial charge in [0.1, 0.15) is 5.54 Å². The summed E-state index contributed by atoms with van der Waals surface area (Å²) < 4.78 is 0. The van der Waals surface area contributed by atoms with E-state index in [4.69, 9.17) is 0 Å². The lowest BCUT2D eigenvalue weighted by Gasteiger charge is -2.37. The monoisotopic (exact) mass is 196 g/mol. The van der Waals surface area contributed by atoms with Crippen LogP contribution in [0.15, 0.2) is 12.7 Å². The third kappa shape index (κ3) is 2.13. The van der Waals surface area contributed by atoms with Crippen molar-refractivity contribution in [1.29, 1.82) is 0 Å². The zero-order valence-electron chi connectivity index (χ0n) is 8.67. The largest absolute Gasteiger partial charge is 0.341 e. The van der Waals surface area contributed by atoms with Crippen molar-refractivity contribution in [2.75, 3.05) is 13.1 Å². The summed E-state index contributed by atoms with van der Waals surface area (Å²) in [6.45, 7) is 7.75. The number of rotatable bonds is 3. The molecule has 0 aromatic rings. The van der Waals surface area contributed by atoms with Gasteiger partial charge in [0.2, 0.25) is 11.8 Å². The number of nitrogens with zero attached hydrogens (tertiary/aromatic N) is 1. The standard InChI is InChI=1S/C10H16N2O2/c1-4-5-6-12-7-8(13)11-10(2,3)9(12)14/h4H,1,5-7H2,2-3H3,(H,11,13). The summed E-state index contributed by atoms with van der Waals surface area (Å²) in [5, 5.41) is 2.66. The van der Waals surface area contributed by atoms with Gasteiger partial charge in [0.05, 0.1) is 6.54 Å². The zero-order valence-corrected chi connectivity index (χ0v) is 8.67.